The molecule has 2 aromatic carbocycles. The lowest BCUT2D eigenvalue weighted by molar-refractivity contribution is 0.0963. The van der Waals surface area contributed by atoms with Gasteiger partial charge in [0, 0.05) is 24.8 Å². The molecule has 104 valence electrons. The van der Waals surface area contributed by atoms with Gasteiger partial charge in [-0.2, -0.15) is 0 Å². The van der Waals surface area contributed by atoms with E-state index in [1.165, 1.54) is 16.7 Å². The summed E-state index contributed by atoms with van der Waals surface area (Å²) in [5, 5.41) is 6.02. The van der Waals surface area contributed by atoms with Gasteiger partial charge in [-0.1, -0.05) is 24.3 Å². The van der Waals surface area contributed by atoms with Gasteiger partial charge >= 0.3 is 0 Å². The van der Waals surface area contributed by atoms with Crippen molar-refractivity contribution in [3.63, 3.8) is 0 Å². The molecule has 0 aliphatic carbocycles. The van der Waals surface area contributed by atoms with Gasteiger partial charge < -0.3 is 10.6 Å². The molecule has 0 aliphatic rings. The largest absolute Gasteiger partial charge is 0.381 e. The van der Waals surface area contributed by atoms with Crippen LogP contribution in [0.4, 0.5) is 5.69 Å². The molecule has 2 N–H and O–H groups in total. The lowest BCUT2D eigenvalue weighted by Gasteiger charge is -2.12. The smallest absolute Gasteiger partial charge is 0.251 e. The van der Waals surface area contributed by atoms with Gasteiger partial charge in [0.1, 0.15) is 0 Å². The Kier molecular flexibility index (Phi) is 4.41. The standard InChI is InChI=1S/C17H20N2O/c1-12-6-4-7-13(2)16(12)11-19-15-9-5-8-14(10-15)17(20)18-3/h4-10,19H,11H2,1-3H3,(H,18,20). The van der Waals surface area contributed by atoms with E-state index in [0.717, 1.165) is 12.2 Å². The van der Waals surface area contributed by atoms with Gasteiger partial charge in [0.25, 0.3) is 5.91 Å². The summed E-state index contributed by atoms with van der Waals surface area (Å²) in [5.41, 5.74) is 5.48. The number of rotatable bonds is 4. The monoisotopic (exact) mass is 268 g/mol. The van der Waals surface area contributed by atoms with Gasteiger partial charge in [0.2, 0.25) is 0 Å². The van der Waals surface area contributed by atoms with Crippen LogP contribution in [-0.2, 0) is 6.54 Å². The van der Waals surface area contributed by atoms with Crippen molar-refractivity contribution in [3.8, 4) is 0 Å². The average molecular weight is 268 g/mol. The molecule has 0 bridgehead atoms. The minimum absolute atomic E-state index is 0.0688. The Morgan fingerprint density at radius 2 is 1.70 bits per heavy atom. The first-order valence-corrected chi connectivity index (χ1v) is 6.73. The minimum atomic E-state index is -0.0688. The number of carbonyl (C=O) groups is 1. The maximum Gasteiger partial charge on any atom is 0.251 e. The Morgan fingerprint density at radius 1 is 1.05 bits per heavy atom. The first-order chi connectivity index (χ1) is 9.61. The molecular weight excluding hydrogens is 248 g/mol. The molecule has 0 unspecified atom stereocenters. The van der Waals surface area contributed by atoms with Crippen molar-refractivity contribution in [1.29, 1.82) is 0 Å². The van der Waals surface area contributed by atoms with Crippen LogP contribution in [0.2, 0.25) is 0 Å². The van der Waals surface area contributed by atoms with E-state index in [4.69, 9.17) is 0 Å². The predicted molar refractivity (Wildman–Crippen MR) is 83.1 cm³/mol. The number of benzene rings is 2. The molecule has 0 heterocycles. The highest BCUT2D eigenvalue weighted by atomic mass is 16.1. The molecule has 3 nitrogen and oxygen atoms in total. The van der Waals surface area contributed by atoms with E-state index >= 15 is 0 Å². The van der Waals surface area contributed by atoms with Gasteiger partial charge in [-0.3, -0.25) is 4.79 Å². The van der Waals surface area contributed by atoms with E-state index in [9.17, 15) is 4.79 Å². The summed E-state index contributed by atoms with van der Waals surface area (Å²) < 4.78 is 0. The second-order valence-electron chi connectivity index (χ2n) is 4.88. The molecule has 0 atom stereocenters. The number of anilines is 1. The van der Waals surface area contributed by atoms with Crippen molar-refractivity contribution in [2.75, 3.05) is 12.4 Å². The van der Waals surface area contributed by atoms with Gasteiger partial charge in [0.15, 0.2) is 0 Å². The van der Waals surface area contributed by atoms with Crippen molar-refractivity contribution >= 4 is 11.6 Å². The van der Waals surface area contributed by atoms with Gasteiger partial charge in [-0.05, 0) is 48.7 Å². The number of hydrogen-bond acceptors (Lipinski definition) is 2. The molecule has 0 aromatic heterocycles. The number of aryl methyl sites for hydroxylation is 2. The molecule has 20 heavy (non-hydrogen) atoms. The molecule has 0 aliphatic heterocycles. The van der Waals surface area contributed by atoms with Crippen LogP contribution in [0.3, 0.4) is 0 Å². The minimum Gasteiger partial charge on any atom is -0.381 e. The Balaban J connectivity index is 2.13. The Bertz CT molecular complexity index is 600. The van der Waals surface area contributed by atoms with Crippen molar-refractivity contribution in [2.24, 2.45) is 0 Å². The third-order valence-electron chi connectivity index (χ3n) is 3.47. The summed E-state index contributed by atoms with van der Waals surface area (Å²) in [6.07, 6.45) is 0. The quantitative estimate of drug-likeness (QED) is 0.893. The maximum absolute atomic E-state index is 11.6. The lowest BCUT2D eigenvalue weighted by atomic mass is 10.0. The third kappa shape index (κ3) is 3.18. The molecule has 2 rings (SSSR count). The van der Waals surface area contributed by atoms with Crippen LogP contribution in [0.15, 0.2) is 42.5 Å². The second-order valence-corrected chi connectivity index (χ2v) is 4.88. The second kappa shape index (κ2) is 6.24. The number of carbonyl (C=O) groups excluding carboxylic acids is 1. The SMILES string of the molecule is CNC(=O)c1cccc(NCc2c(C)cccc2C)c1. The first kappa shape index (κ1) is 14.1. The van der Waals surface area contributed by atoms with Gasteiger partial charge in [-0.15, -0.1) is 0 Å². The first-order valence-electron chi connectivity index (χ1n) is 6.73. The topological polar surface area (TPSA) is 41.1 Å². The fourth-order valence-corrected chi connectivity index (χ4v) is 2.23. The summed E-state index contributed by atoms with van der Waals surface area (Å²) in [5.74, 6) is -0.0688. The van der Waals surface area contributed by atoms with E-state index in [1.807, 2.05) is 24.3 Å². The van der Waals surface area contributed by atoms with Gasteiger partial charge in [-0.25, -0.2) is 0 Å². The molecule has 2 aromatic rings. The average Bonchev–Trinajstić information content (AvgIpc) is 2.46. The summed E-state index contributed by atoms with van der Waals surface area (Å²) in [7, 11) is 1.64. The van der Waals surface area contributed by atoms with E-state index in [0.29, 0.717) is 5.56 Å². The number of amides is 1. The number of hydrogen-bond donors (Lipinski definition) is 2. The Hall–Kier alpha value is -2.29. The van der Waals surface area contributed by atoms with Crippen LogP contribution in [0, 0.1) is 13.8 Å². The Labute approximate surface area is 120 Å². The lowest BCUT2D eigenvalue weighted by Crippen LogP contribution is -2.17. The van der Waals surface area contributed by atoms with Crippen LogP contribution in [0.25, 0.3) is 0 Å². The zero-order valence-electron chi connectivity index (χ0n) is 12.2. The maximum atomic E-state index is 11.6. The number of nitrogens with one attached hydrogen (secondary N) is 2. The summed E-state index contributed by atoms with van der Waals surface area (Å²) >= 11 is 0. The highest BCUT2D eigenvalue weighted by molar-refractivity contribution is 5.94. The van der Waals surface area contributed by atoms with Gasteiger partial charge in [0.05, 0.1) is 0 Å². The van der Waals surface area contributed by atoms with E-state index < -0.39 is 0 Å². The fraction of sp³-hybridized carbons (Fsp3) is 0.235. The van der Waals surface area contributed by atoms with Crippen molar-refractivity contribution in [1.82, 2.24) is 5.32 Å². The zero-order chi connectivity index (χ0) is 14.5. The summed E-state index contributed by atoms with van der Waals surface area (Å²) in [6, 6.07) is 13.8. The molecule has 0 saturated carbocycles. The third-order valence-corrected chi connectivity index (χ3v) is 3.47. The van der Waals surface area contributed by atoms with E-state index in [-0.39, 0.29) is 5.91 Å². The highest BCUT2D eigenvalue weighted by Gasteiger charge is 2.05. The summed E-state index contributed by atoms with van der Waals surface area (Å²) in [4.78, 5) is 11.6. The molecule has 3 heteroatoms. The molecule has 0 saturated heterocycles. The van der Waals surface area contributed by atoms with Crippen LogP contribution in [0.1, 0.15) is 27.0 Å². The zero-order valence-corrected chi connectivity index (χ0v) is 12.2. The van der Waals surface area contributed by atoms with E-state index in [1.54, 1.807) is 7.05 Å². The normalized spacial score (nSPS) is 10.2. The molecule has 0 radical (unpaired) electrons. The van der Waals surface area contributed by atoms with Crippen LogP contribution in [-0.4, -0.2) is 13.0 Å². The van der Waals surface area contributed by atoms with Crippen molar-refractivity contribution in [2.45, 2.75) is 20.4 Å². The van der Waals surface area contributed by atoms with Crippen LogP contribution in [0.5, 0.6) is 0 Å². The van der Waals surface area contributed by atoms with E-state index in [2.05, 4.69) is 42.7 Å². The molecule has 0 fully saturated rings. The fourth-order valence-electron chi connectivity index (χ4n) is 2.23. The molecule has 1 amide bonds. The molecular formula is C17H20N2O. The molecule has 0 spiro atoms. The van der Waals surface area contributed by atoms with Crippen molar-refractivity contribution < 1.29 is 4.79 Å². The van der Waals surface area contributed by atoms with Crippen LogP contribution < -0.4 is 10.6 Å². The summed E-state index contributed by atoms with van der Waals surface area (Å²) in [6.45, 7) is 4.99. The predicted octanol–water partition coefficient (Wildman–Crippen LogP) is 3.28. The highest BCUT2D eigenvalue weighted by Crippen LogP contribution is 2.17. The van der Waals surface area contributed by atoms with Crippen LogP contribution >= 0.6 is 0 Å². The Morgan fingerprint density at radius 3 is 2.35 bits per heavy atom. The van der Waals surface area contributed by atoms with Crippen molar-refractivity contribution in [3.05, 3.63) is 64.7 Å².